The summed E-state index contributed by atoms with van der Waals surface area (Å²) in [6.07, 6.45) is 1.47. The van der Waals surface area contributed by atoms with Crippen molar-refractivity contribution < 1.29 is 9.84 Å². The van der Waals surface area contributed by atoms with E-state index >= 15 is 0 Å². The molecule has 1 saturated heterocycles. The first-order chi connectivity index (χ1) is 7.56. The summed E-state index contributed by atoms with van der Waals surface area (Å²) in [6, 6.07) is 4.26. The van der Waals surface area contributed by atoms with E-state index < -0.39 is 17.3 Å². The van der Waals surface area contributed by atoms with Crippen LogP contribution in [0.15, 0.2) is 0 Å². The van der Waals surface area contributed by atoms with Gasteiger partial charge in [0, 0.05) is 11.8 Å². The van der Waals surface area contributed by atoms with Gasteiger partial charge in [0.25, 0.3) is 0 Å². The third-order valence-corrected chi connectivity index (χ3v) is 5.49. The summed E-state index contributed by atoms with van der Waals surface area (Å²) >= 11 is 3.49. The maximum Gasteiger partial charge on any atom is 0.180 e. The smallest absolute Gasteiger partial charge is 0.180 e. The van der Waals surface area contributed by atoms with Gasteiger partial charge in [-0.05, 0) is 19.3 Å². The Labute approximate surface area is 102 Å². The van der Waals surface area contributed by atoms with Gasteiger partial charge in [0.2, 0.25) is 0 Å². The highest BCUT2D eigenvalue weighted by Gasteiger charge is 2.68. The number of rotatable bonds is 0. The summed E-state index contributed by atoms with van der Waals surface area (Å²) in [5.41, 5.74) is -2.24. The lowest BCUT2D eigenvalue weighted by Gasteiger charge is -2.43. The minimum Gasteiger partial charge on any atom is -0.373 e. The molecule has 1 heterocycles. The fraction of sp³-hybridized carbons (Fsp3) is 0.818. The van der Waals surface area contributed by atoms with Gasteiger partial charge in [-0.3, -0.25) is 0 Å². The first-order valence-electron chi connectivity index (χ1n) is 5.43. The van der Waals surface area contributed by atoms with E-state index in [1.54, 1.807) is 0 Å². The van der Waals surface area contributed by atoms with Gasteiger partial charge in [-0.15, -0.1) is 0 Å². The Morgan fingerprint density at radius 2 is 1.94 bits per heavy atom. The van der Waals surface area contributed by atoms with E-state index in [2.05, 4.69) is 22.0 Å². The van der Waals surface area contributed by atoms with E-state index in [1.165, 1.54) is 0 Å². The summed E-state index contributed by atoms with van der Waals surface area (Å²) in [4.78, 5) is -0.0823. The fourth-order valence-corrected chi connectivity index (χ4v) is 4.56. The maximum absolute atomic E-state index is 10.4. The number of alkyl halides is 1. The molecule has 0 aromatic heterocycles. The number of fused-ring (bicyclic) bond motifs is 2. The molecule has 1 N–H and O–H groups in total. The third-order valence-electron chi connectivity index (χ3n) is 4.44. The van der Waals surface area contributed by atoms with E-state index in [1.807, 2.05) is 6.07 Å². The fourth-order valence-electron chi connectivity index (χ4n) is 3.52. The Morgan fingerprint density at radius 3 is 2.56 bits per heavy atom. The molecule has 0 aromatic rings. The number of hydrogen-bond acceptors (Lipinski definition) is 4. The largest absolute Gasteiger partial charge is 0.373 e. The van der Waals surface area contributed by atoms with E-state index in [-0.39, 0.29) is 16.7 Å². The van der Waals surface area contributed by atoms with E-state index in [0.29, 0.717) is 12.8 Å². The second-order valence-electron chi connectivity index (χ2n) is 5.02. The minimum absolute atomic E-state index is 0.0744. The van der Waals surface area contributed by atoms with Crippen molar-refractivity contribution in [2.75, 3.05) is 0 Å². The van der Waals surface area contributed by atoms with Crippen LogP contribution in [0, 0.1) is 34.5 Å². The number of aliphatic hydroxyl groups is 1. The molecule has 0 radical (unpaired) electrons. The lowest BCUT2D eigenvalue weighted by atomic mass is 9.61. The van der Waals surface area contributed by atoms with Crippen LogP contribution in [0.4, 0.5) is 0 Å². The quantitative estimate of drug-likeness (QED) is 0.533. The number of ether oxygens (including phenoxy) is 1. The second kappa shape index (κ2) is 2.98. The molecule has 5 heteroatoms. The lowest BCUT2D eigenvalue weighted by molar-refractivity contribution is -0.0892. The van der Waals surface area contributed by atoms with Crippen molar-refractivity contribution in [3.05, 3.63) is 0 Å². The van der Waals surface area contributed by atoms with Crippen molar-refractivity contribution in [3.63, 3.8) is 0 Å². The minimum atomic E-state index is -1.41. The van der Waals surface area contributed by atoms with Gasteiger partial charge in [-0.2, -0.15) is 10.5 Å². The predicted octanol–water partition coefficient (Wildman–Crippen LogP) is 1.10. The summed E-state index contributed by atoms with van der Waals surface area (Å²) in [5, 5.41) is 28.9. The average molecular weight is 283 g/mol. The number of halogens is 1. The number of nitriles is 2. The summed E-state index contributed by atoms with van der Waals surface area (Å²) in [7, 11) is 0. The SMILES string of the molecule is N#C[C@]1(O)[C@@H]2C[C@@H]3C[C@H]1O[C@]3(C#N)[C@H](Br)C2. The summed E-state index contributed by atoms with van der Waals surface area (Å²) in [5.74, 6) is 0.0776. The molecule has 3 bridgehead atoms. The van der Waals surface area contributed by atoms with Gasteiger partial charge in [-0.25, -0.2) is 0 Å². The third kappa shape index (κ3) is 0.953. The molecular weight excluding hydrogens is 272 g/mol. The molecule has 84 valence electrons. The zero-order valence-electron chi connectivity index (χ0n) is 8.56. The van der Waals surface area contributed by atoms with Crippen LogP contribution in [0.1, 0.15) is 19.3 Å². The molecule has 6 atom stereocenters. The molecule has 1 aliphatic heterocycles. The summed E-state index contributed by atoms with van der Waals surface area (Å²) < 4.78 is 5.75. The molecule has 3 fully saturated rings. The zero-order chi connectivity index (χ0) is 11.6. The topological polar surface area (TPSA) is 77.0 Å². The second-order valence-corrected chi connectivity index (χ2v) is 6.12. The molecular formula is C11H11BrN2O2. The monoisotopic (exact) mass is 282 g/mol. The first kappa shape index (κ1) is 10.5. The molecule has 4 nitrogen and oxygen atoms in total. The van der Waals surface area contributed by atoms with Crippen LogP contribution in [0.5, 0.6) is 0 Å². The molecule has 2 aliphatic carbocycles. The number of hydrogen-bond donors (Lipinski definition) is 1. The van der Waals surface area contributed by atoms with Crippen molar-refractivity contribution >= 4 is 15.9 Å². The Balaban J connectivity index is 2.11. The van der Waals surface area contributed by atoms with Crippen LogP contribution in [0.2, 0.25) is 0 Å². The maximum atomic E-state index is 10.4. The summed E-state index contributed by atoms with van der Waals surface area (Å²) in [6.45, 7) is 0. The van der Waals surface area contributed by atoms with Gasteiger partial charge < -0.3 is 9.84 Å². The van der Waals surface area contributed by atoms with Gasteiger partial charge >= 0.3 is 0 Å². The number of nitrogens with zero attached hydrogens (tertiary/aromatic N) is 2. The van der Waals surface area contributed by atoms with E-state index in [0.717, 1.165) is 6.42 Å². The Hall–Kier alpha value is -0.620. The van der Waals surface area contributed by atoms with Gasteiger partial charge in [0.15, 0.2) is 11.2 Å². The average Bonchev–Trinajstić information content (AvgIpc) is 2.61. The van der Waals surface area contributed by atoms with Crippen molar-refractivity contribution in [1.29, 1.82) is 10.5 Å². The van der Waals surface area contributed by atoms with Gasteiger partial charge in [0.05, 0.1) is 10.9 Å². The van der Waals surface area contributed by atoms with Crippen LogP contribution >= 0.6 is 15.9 Å². The predicted molar refractivity (Wildman–Crippen MR) is 57.3 cm³/mol. The van der Waals surface area contributed by atoms with Crippen molar-refractivity contribution in [1.82, 2.24) is 0 Å². The molecule has 2 saturated carbocycles. The molecule has 0 amide bonds. The standard InChI is InChI=1S/C11H11BrN2O2/c12-8-2-6-1-7-3-9(10(6,15)4-13)16-11(7,8)5-14/h6-9,15H,1-3H2/t6-,7-,8-,9-,10+,11+/m1/s1. The van der Waals surface area contributed by atoms with Gasteiger partial charge in [0.1, 0.15) is 12.2 Å². The molecule has 0 aromatic carbocycles. The Morgan fingerprint density at radius 1 is 1.19 bits per heavy atom. The van der Waals surface area contributed by atoms with Gasteiger partial charge in [-0.1, -0.05) is 15.9 Å². The highest BCUT2D eigenvalue weighted by Crippen LogP contribution is 2.59. The van der Waals surface area contributed by atoms with Crippen LogP contribution < -0.4 is 0 Å². The highest BCUT2D eigenvalue weighted by atomic mass is 79.9. The van der Waals surface area contributed by atoms with Crippen LogP contribution in [0.25, 0.3) is 0 Å². The molecule has 16 heavy (non-hydrogen) atoms. The molecule has 3 rings (SSSR count). The molecule has 0 unspecified atom stereocenters. The zero-order valence-corrected chi connectivity index (χ0v) is 10.1. The van der Waals surface area contributed by atoms with E-state index in [4.69, 9.17) is 10.00 Å². The highest BCUT2D eigenvalue weighted by molar-refractivity contribution is 9.09. The Bertz CT molecular complexity index is 427. The van der Waals surface area contributed by atoms with Crippen molar-refractivity contribution in [3.8, 4) is 12.1 Å². The van der Waals surface area contributed by atoms with Crippen LogP contribution in [0.3, 0.4) is 0 Å². The van der Waals surface area contributed by atoms with Crippen LogP contribution in [-0.4, -0.2) is 27.2 Å². The lowest BCUT2D eigenvalue weighted by Crippen LogP contribution is -2.53. The van der Waals surface area contributed by atoms with Crippen molar-refractivity contribution in [2.24, 2.45) is 11.8 Å². The Kier molecular flexibility index (Phi) is 1.96. The van der Waals surface area contributed by atoms with E-state index in [9.17, 15) is 10.4 Å². The normalized spacial score (nSPS) is 58.0. The molecule has 0 spiro atoms. The molecule has 3 aliphatic rings. The first-order valence-corrected chi connectivity index (χ1v) is 6.35. The van der Waals surface area contributed by atoms with Crippen molar-refractivity contribution in [2.45, 2.75) is 41.4 Å². The van der Waals surface area contributed by atoms with Crippen LogP contribution in [-0.2, 0) is 4.74 Å².